The van der Waals surface area contributed by atoms with Gasteiger partial charge in [0.1, 0.15) is 0 Å². The van der Waals surface area contributed by atoms with Crippen LogP contribution in [0.25, 0.3) is 0 Å². The fourth-order valence-electron chi connectivity index (χ4n) is 3.54. The number of carbonyl (C=O) groups excluding carboxylic acids is 1. The average molecular weight is 294 g/mol. The van der Waals surface area contributed by atoms with Gasteiger partial charge in [0, 0.05) is 30.5 Å². The summed E-state index contributed by atoms with van der Waals surface area (Å²) in [5.74, 6) is 1.00. The number of amides is 1. The minimum Gasteiger partial charge on any atom is -0.393 e. The van der Waals surface area contributed by atoms with Gasteiger partial charge in [0.2, 0.25) is 5.91 Å². The first-order chi connectivity index (χ1) is 9.65. The second-order valence-electron chi connectivity index (χ2n) is 5.96. The van der Waals surface area contributed by atoms with Crippen LogP contribution in [0.3, 0.4) is 0 Å². The fourth-order valence-corrected chi connectivity index (χ4v) is 3.77. The van der Waals surface area contributed by atoms with Gasteiger partial charge in [0.15, 0.2) is 0 Å². The molecule has 1 aromatic rings. The lowest BCUT2D eigenvalue weighted by molar-refractivity contribution is -0.130. The lowest BCUT2D eigenvalue weighted by Crippen LogP contribution is -2.31. The maximum absolute atomic E-state index is 12.3. The molecular weight excluding hydrogens is 274 g/mol. The summed E-state index contributed by atoms with van der Waals surface area (Å²) in [6, 6.07) is 7.68. The molecule has 0 radical (unpaired) electrons. The summed E-state index contributed by atoms with van der Waals surface area (Å²) >= 11 is 6.11. The van der Waals surface area contributed by atoms with Gasteiger partial charge in [-0.2, -0.15) is 0 Å². The quantitative estimate of drug-likeness (QED) is 0.930. The Morgan fingerprint density at radius 2 is 2.10 bits per heavy atom. The van der Waals surface area contributed by atoms with Crippen LogP contribution >= 0.6 is 11.6 Å². The summed E-state index contributed by atoms with van der Waals surface area (Å²) in [5.41, 5.74) is 1.03. The molecule has 1 heterocycles. The van der Waals surface area contributed by atoms with E-state index in [2.05, 4.69) is 0 Å². The number of benzene rings is 1. The lowest BCUT2D eigenvalue weighted by atomic mass is 10.00. The van der Waals surface area contributed by atoms with E-state index in [0.717, 1.165) is 36.5 Å². The normalized spacial score (nSPS) is 28.7. The van der Waals surface area contributed by atoms with E-state index in [4.69, 9.17) is 11.6 Å². The zero-order valence-corrected chi connectivity index (χ0v) is 12.2. The van der Waals surface area contributed by atoms with E-state index in [1.807, 2.05) is 29.2 Å². The molecular formula is C16H20ClNO2. The minimum absolute atomic E-state index is 0.187. The van der Waals surface area contributed by atoms with Crippen molar-refractivity contribution >= 4 is 17.5 Å². The van der Waals surface area contributed by atoms with E-state index >= 15 is 0 Å². The Labute approximate surface area is 124 Å². The molecule has 2 aliphatic rings. The third-order valence-electron chi connectivity index (χ3n) is 4.74. The van der Waals surface area contributed by atoms with E-state index in [1.165, 1.54) is 0 Å². The molecule has 3 unspecified atom stereocenters. The maximum atomic E-state index is 12.3. The van der Waals surface area contributed by atoms with Crippen molar-refractivity contribution in [1.29, 1.82) is 0 Å². The molecule has 0 aromatic heterocycles. The highest BCUT2D eigenvalue weighted by Crippen LogP contribution is 2.38. The standard InChI is InChI=1S/C16H20ClNO2/c17-14-4-2-1-3-11(14)6-8-16(20)18-9-12-5-7-15(19)13(12)10-18/h1-4,12-13,15,19H,5-10H2. The van der Waals surface area contributed by atoms with Gasteiger partial charge in [-0.05, 0) is 36.8 Å². The highest BCUT2D eigenvalue weighted by molar-refractivity contribution is 6.31. The van der Waals surface area contributed by atoms with Crippen LogP contribution < -0.4 is 0 Å². The van der Waals surface area contributed by atoms with Crippen molar-refractivity contribution < 1.29 is 9.90 Å². The van der Waals surface area contributed by atoms with Crippen molar-refractivity contribution in [2.24, 2.45) is 11.8 Å². The van der Waals surface area contributed by atoms with Gasteiger partial charge in [0.25, 0.3) is 0 Å². The summed E-state index contributed by atoms with van der Waals surface area (Å²) in [4.78, 5) is 14.2. The minimum atomic E-state index is -0.207. The molecule has 3 rings (SSSR count). The third-order valence-corrected chi connectivity index (χ3v) is 5.11. The number of halogens is 1. The molecule has 2 fully saturated rings. The molecule has 1 aromatic carbocycles. The molecule has 1 saturated heterocycles. The molecule has 1 amide bonds. The SMILES string of the molecule is O=C(CCc1ccccc1Cl)N1CC2CCC(O)C2C1. The number of aliphatic hydroxyl groups is 1. The smallest absolute Gasteiger partial charge is 0.222 e. The number of carbonyl (C=O) groups is 1. The number of nitrogens with zero attached hydrogens (tertiary/aromatic N) is 1. The van der Waals surface area contributed by atoms with Crippen molar-refractivity contribution in [3.8, 4) is 0 Å². The number of aryl methyl sites for hydroxylation is 1. The Bertz CT molecular complexity index is 505. The number of hydrogen-bond acceptors (Lipinski definition) is 2. The number of fused-ring (bicyclic) bond motifs is 1. The first-order valence-corrected chi connectivity index (χ1v) is 7.72. The molecule has 3 atom stereocenters. The Kier molecular flexibility index (Phi) is 3.99. The largest absolute Gasteiger partial charge is 0.393 e. The van der Waals surface area contributed by atoms with Crippen LogP contribution in [0.2, 0.25) is 5.02 Å². The van der Waals surface area contributed by atoms with Crippen LogP contribution in [-0.4, -0.2) is 35.1 Å². The predicted molar refractivity (Wildman–Crippen MR) is 78.6 cm³/mol. The molecule has 20 heavy (non-hydrogen) atoms. The number of rotatable bonds is 3. The Hall–Kier alpha value is -1.06. The van der Waals surface area contributed by atoms with Gasteiger partial charge in [-0.15, -0.1) is 0 Å². The van der Waals surface area contributed by atoms with Crippen LogP contribution in [-0.2, 0) is 11.2 Å². The summed E-state index contributed by atoms with van der Waals surface area (Å²) < 4.78 is 0. The lowest BCUT2D eigenvalue weighted by Gasteiger charge is -2.18. The Morgan fingerprint density at radius 3 is 2.85 bits per heavy atom. The van der Waals surface area contributed by atoms with Crippen molar-refractivity contribution in [3.05, 3.63) is 34.9 Å². The highest BCUT2D eigenvalue weighted by Gasteiger charge is 2.42. The molecule has 108 valence electrons. The van der Waals surface area contributed by atoms with E-state index in [0.29, 0.717) is 24.7 Å². The number of likely N-dealkylation sites (tertiary alicyclic amines) is 1. The second-order valence-corrected chi connectivity index (χ2v) is 6.37. The molecule has 1 aliphatic carbocycles. The van der Waals surface area contributed by atoms with Gasteiger partial charge in [-0.3, -0.25) is 4.79 Å². The van der Waals surface area contributed by atoms with E-state index < -0.39 is 0 Å². The summed E-state index contributed by atoms with van der Waals surface area (Å²) in [6.45, 7) is 1.55. The van der Waals surface area contributed by atoms with Crippen LogP contribution in [0.5, 0.6) is 0 Å². The number of hydrogen-bond donors (Lipinski definition) is 1. The fraction of sp³-hybridized carbons (Fsp3) is 0.562. The first-order valence-electron chi connectivity index (χ1n) is 7.34. The zero-order chi connectivity index (χ0) is 14.1. The maximum Gasteiger partial charge on any atom is 0.222 e. The van der Waals surface area contributed by atoms with E-state index in [9.17, 15) is 9.90 Å². The van der Waals surface area contributed by atoms with Gasteiger partial charge in [-0.1, -0.05) is 29.8 Å². The molecule has 4 heteroatoms. The summed E-state index contributed by atoms with van der Waals surface area (Å²) in [7, 11) is 0. The van der Waals surface area contributed by atoms with Crippen LogP contribution in [0.1, 0.15) is 24.8 Å². The van der Waals surface area contributed by atoms with E-state index in [1.54, 1.807) is 0 Å². The van der Waals surface area contributed by atoms with Gasteiger partial charge >= 0.3 is 0 Å². The Morgan fingerprint density at radius 1 is 1.30 bits per heavy atom. The highest BCUT2D eigenvalue weighted by atomic mass is 35.5. The first kappa shape index (κ1) is 13.9. The van der Waals surface area contributed by atoms with Gasteiger partial charge in [-0.25, -0.2) is 0 Å². The molecule has 1 saturated carbocycles. The van der Waals surface area contributed by atoms with E-state index in [-0.39, 0.29) is 12.0 Å². The molecule has 0 bridgehead atoms. The average Bonchev–Trinajstić information content (AvgIpc) is 3.00. The second kappa shape index (κ2) is 5.74. The monoisotopic (exact) mass is 293 g/mol. The van der Waals surface area contributed by atoms with Crippen LogP contribution in [0.15, 0.2) is 24.3 Å². The summed E-state index contributed by atoms with van der Waals surface area (Å²) in [6.07, 6.45) is 2.94. The third kappa shape index (κ3) is 2.70. The van der Waals surface area contributed by atoms with Crippen molar-refractivity contribution in [3.63, 3.8) is 0 Å². The molecule has 1 N–H and O–H groups in total. The predicted octanol–water partition coefficient (Wildman–Crippen LogP) is 2.50. The van der Waals surface area contributed by atoms with Gasteiger partial charge < -0.3 is 10.0 Å². The summed E-state index contributed by atoms with van der Waals surface area (Å²) in [5, 5.41) is 10.6. The van der Waals surface area contributed by atoms with Crippen molar-refractivity contribution in [1.82, 2.24) is 4.90 Å². The molecule has 1 aliphatic heterocycles. The van der Waals surface area contributed by atoms with Crippen LogP contribution in [0.4, 0.5) is 0 Å². The van der Waals surface area contributed by atoms with Crippen molar-refractivity contribution in [2.75, 3.05) is 13.1 Å². The van der Waals surface area contributed by atoms with Gasteiger partial charge in [0.05, 0.1) is 6.10 Å². The Balaban J connectivity index is 1.55. The number of aliphatic hydroxyl groups excluding tert-OH is 1. The van der Waals surface area contributed by atoms with Crippen molar-refractivity contribution in [2.45, 2.75) is 31.8 Å². The topological polar surface area (TPSA) is 40.5 Å². The zero-order valence-electron chi connectivity index (χ0n) is 11.5. The van der Waals surface area contributed by atoms with Crippen LogP contribution in [0, 0.1) is 11.8 Å². The molecule has 0 spiro atoms. The molecule has 3 nitrogen and oxygen atoms in total.